The van der Waals surface area contributed by atoms with Gasteiger partial charge in [-0.1, -0.05) is 0 Å². The van der Waals surface area contributed by atoms with E-state index in [1.165, 1.54) is 6.07 Å². The van der Waals surface area contributed by atoms with Crippen molar-refractivity contribution >= 4 is 26.8 Å². The van der Waals surface area contributed by atoms with E-state index in [1.807, 2.05) is 0 Å². The molecule has 74 valence electrons. The van der Waals surface area contributed by atoms with Crippen molar-refractivity contribution in [1.29, 1.82) is 0 Å². The van der Waals surface area contributed by atoms with Gasteiger partial charge in [0.05, 0.1) is 16.2 Å². The molecule has 0 spiro atoms. The maximum atomic E-state index is 12.0. The Morgan fingerprint density at radius 3 is 2.93 bits per heavy atom. The van der Waals surface area contributed by atoms with Gasteiger partial charge in [0.2, 0.25) is 0 Å². The first-order valence-corrected chi connectivity index (χ1v) is 4.53. The summed E-state index contributed by atoms with van der Waals surface area (Å²) in [7, 11) is 0. The molecule has 1 aromatic heterocycles. The maximum absolute atomic E-state index is 12.0. The van der Waals surface area contributed by atoms with Crippen LogP contribution < -0.4 is 4.74 Å². The zero-order chi connectivity index (χ0) is 10.1. The van der Waals surface area contributed by atoms with E-state index in [9.17, 15) is 8.78 Å². The van der Waals surface area contributed by atoms with E-state index in [0.29, 0.717) is 4.47 Å². The van der Waals surface area contributed by atoms with Crippen molar-refractivity contribution in [3.63, 3.8) is 0 Å². The van der Waals surface area contributed by atoms with Gasteiger partial charge in [0, 0.05) is 5.39 Å². The molecule has 0 radical (unpaired) electrons. The number of nitrogens with one attached hydrogen (secondary N) is 1. The number of aromatic amines is 1. The van der Waals surface area contributed by atoms with E-state index in [2.05, 4.69) is 30.9 Å². The fraction of sp³-hybridized carbons (Fsp3) is 0.125. The monoisotopic (exact) mass is 262 g/mol. The average molecular weight is 263 g/mol. The van der Waals surface area contributed by atoms with Crippen LogP contribution in [0.1, 0.15) is 0 Å². The van der Waals surface area contributed by atoms with E-state index >= 15 is 0 Å². The number of H-pyrrole nitrogens is 1. The van der Waals surface area contributed by atoms with Crippen LogP contribution in [0.25, 0.3) is 10.9 Å². The van der Waals surface area contributed by atoms with Gasteiger partial charge in [0.25, 0.3) is 0 Å². The molecule has 2 rings (SSSR count). The molecule has 0 fully saturated rings. The number of benzene rings is 1. The molecule has 0 aliphatic carbocycles. The topological polar surface area (TPSA) is 37.9 Å². The summed E-state index contributed by atoms with van der Waals surface area (Å²) in [5.74, 6) is 0.105. The van der Waals surface area contributed by atoms with Gasteiger partial charge in [0.15, 0.2) is 0 Å². The van der Waals surface area contributed by atoms with Crippen molar-refractivity contribution in [2.75, 3.05) is 0 Å². The average Bonchev–Trinajstić information content (AvgIpc) is 2.51. The molecular weight excluding hydrogens is 258 g/mol. The molecule has 0 aliphatic heterocycles. The number of halogens is 3. The smallest absolute Gasteiger partial charge is 0.387 e. The number of nitrogens with zero attached hydrogens (tertiary/aromatic N) is 1. The number of fused-ring (bicyclic) bond motifs is 1. The summed E-state index contributed by atoms with van der Waals surface area (Å²) in [5, 5.41) is 7.22. The number of alkyl halides is 2. The van der Waals surface area contributed by atoms with Crippen LogP contribution in [0.3, 0.4) is 0 Å². The summed E-state index contributed by atoms with van der Waals surface area (Å²) in [6, 6.07) is 3.13. The Labute approximate surface area is 86.2 Å². The molecule has 0 atom stereocenters. The summed E-state index contributed by atoms with van der Waals surface area (Å²) in [4.78, 5) is 0. The lowest BCUT2D eigenvalue weighted by Crippen LogP contribution is -2.02. The van der Waals surface area contributed by atoms with E-state index in [0.717, 1.165) is 10.9 Å². The minimum absolute atomic E-state index is 0.105. The first-order chi connectivity index (χ1) is 6.66. The van der Waals surface area contributed by atoms with Crippen molar-refractivity contribution in [2.45, 2.75) is 6.61 Å². The molecule has 0 amide bonds. The van der Waals surface area contributed by atoms with E-state index in [-0.39, 0.29) is 5.75 Å². The van der Waals surface area contributed by atoms with Crippen molar-refractivity contribution in [3.05, 3.63) is 22.8 Å². The Hall–Kier alpha value is -1.17. The van der Waals surface area contributed by atoms with Crippen LogP contribution in [-0.2, 0) is 0 Å². The van der Waals surface area contributed by atoms with E-state index < -0.39 is 6.61 Å². The summed E-state index contributed by atoms with van der Waals surface area (Å²) in [6.45, 7) is -2.82. The fourth-order valence-electron chi connectivity index (χ4n) is 1.13. The minimum atomic E-state index is -2.82. The van der Waals surface area contributed by atoms with Crippen LogP contribution >= 0.6 is 15.9 Å². The highest BCUT2D eigenvalue weighted by atomic mass is 79.9. The van der Waals surface area contributed by atoms with Crippen molar-refractivity contribution in [3.8, 4) is 5.75 Å². The number of rotatable bonds is 2. The quantitative estimate of drug-likeness (QED) is 0.904. The molecule has 2 aromatic rings. The second kappa shape index (κ2) is 3.53. The van der Waals surface area contributed by atoms with E-state index in [4.69, 9.17) is 0 Å². The Morgan fingerprint density at radius 2 is 2.21 bits per heavy atom. The maximum Gasteiger partial charge on any atom is 0.387 e. The van der Waals surface area contributed by atoms with Crippen molar-refractivity contribution in [1.82, 2.24) is 10.2 Å². The summed E-state index contributed by atoms with van der Waals surface area (Å²) in [6.07, 6.45) is 1.54. The summed E-state index contributed by atoms with van der Waals surface area (Å²) in [5.41, 5.74) is 0.762. The molecule has 1 heterocycles. The SMILES string of the molecule is FC(F)Oc1cc2cn[nH]c2cc1Br. The third-order valence-electron chi connectivity index (χ3n) is 1.71. The van der Waals surface area contributed by atoms with Gasteiger partial charge in [-0.15, -0.1) is 0 Å². The van der Waals surface area contributed by atoms with Crippen LogP contribution in [0.15, 0.2) is 22.8 Å². The number of ether oxygens (including phenoxy) is 1. The number of aromatic nitrogens is 2. The van der Waals surface area contributed by atoms with Crippen LogP contribution in [0.2, 0.25) is 0 Å². The number of hydrogen-bond acceptors (Lipinski definition) is 2. The summed E-state index contributed by atoms with van der Waals surface area (Å²) >= 11 is 3.12. The lowest BCUT2D eigenvalue weighted by Gasteiger charge is -2.06. The molecule has 1 N–H and O–H groups in total. The second-order valence-corrected chi connectivity index (χ2v) is 3.47. The predicted molar refractivity (Wildman–Crippen MR) is 50.4 cm³/mol. The molecule has 0 saturated carbocycles. The van der Waals surface area contributed by atoms with Gasteiger partial charge >= 0.3 is 6.61 Å². The number of hydrogen-bond donors (Lipinski definition) is 1. The van der Waals surface area contributed by atoms with Crippen molar-refractivity contribution in [2.24, 2.45) is 0 Å². The van der Waals surface area contributed by atoms with Crippen LogP contribution in [0.4, 0.5) is 8.78 Å². The normalized spacial score (nSPS) is 11.1. The third kappa shape index (κ3) is 1.70. The van der Waals surface area contributed by atoms with Crippen LogP contribution in [0, 0.1) is 0 Å². The first kappa shape index (κ1) is 9.39. The lowest BCUT2D eigenvalue weighted by molar-refractivity contribution is -0.0502. The molecular formula is C8H5BrF2N2O. The Kier molecular flexibility index (Phi) is 2.37. The van der Waals surface area contributed by atoms with Gasteiger partial charge < -0.3 is 4.74 Å². The van der Waals surface area contributed by atoms with Crippen LogP contribution in [0.5, 0.6) is 5.75 Å². The van der Waals surface area contributed by atoms with E-state index in [1.54, 1.807) is 12.3 Å². The van der Waals surface area contributed by atoms with Gasteiger partial charge in [-0.25, -0.2) is 0 Å². The van der Waals surface area contributed by atoms with Crippen molar-refractivity contribution < 1.29 is 13.5 Å². The standard InChI is InChI=1S/C8H5BrF2N2O/c9-5-2-6-4(3-12-13-6)1-7(5)14-8(10)11/h1-3,8H,(H,12,13). The van der Waals surface area contributed by atoms with Gasteiger partial charge in [-0.05, 0) is 28.1 Å². The molecule has 1 aromatic carbocycles. The highest BCUT2D eigenvalue weighted by molar-refractivity contribution is 9.10. The lowest BCUT2D eigenvalue weighted by atomic mass is 10.2. The molecule has 0 saturated heterocycles. The first-order valence-electron chi connectivity index (χ1n) is 3.74. The minimum Gasteiger partial charge on any atom is -0.434 e. The van der Waals surface area contributed by atoms with Gasteiger partial charge in [-0.3, -0.25) is 5.10 Å². The second-order valence-electron chi connectivity index (χ2n) is 2.62. The Bertz CT molecular complexity index is 458. The zero-order valence-electron chi connectivity index (χ0n) is 6.80. The predicted octanol–water partition coefficient (Wildman–Crippen LogP) is 2.93. The third-order valence-corrected chi connectivity index (χ3v) is 2.33. The Morgan fingerprint density at radius 1 is 1.43 bits per heavy atom. The highest BCUT2D eigenvalue weighted by Crippen LogP contribution is 2.30. The largest absolute Gasteiger partial charge is 0.434 e. The summed E-state index contributed by atoms with van der Waals surface area (Å²) < 4.78 is 28.7. The van der Waals surface area contributed by atoms with Gasteiger partial charge in [-0.2, -0.15) is 13.9 Å². The molecule has 3 nitrogen and oxygen atoms in total. The molecule has 14 heavy (non-hydrogen) atoms. The highest BCUT2D eigenvalue weighted by Gasteiger charge is 2.09. The zero-order valence-corrected chi connectivity index (χ0v) is 8.38. The van der Waals surface area contributed by atoms with Gasteiger partial charge in [0.1, 0.15) is 5.75 Å². The molecule has 6 heteroatoms. The van der Waals surface area contributed by atoms with Crippen LogP contribution in [-0.4, -0.2) is 16.8 Å². The molecule has 0 unspecified atom stereocenters. The Balaban J connectivity index is 2.48. The molecule has 0 aliphatic rings. The fourth-order valence-corrected chi connectivity index (χ4v) is 1.57. The molecule has 0 bridgehead atoms.